The van der Waals surface area contributed by atoms with Crippen molar-refractivity contribution < 1.29 is 9.21 Å². The van der Waals surface area contributed by atoms with Gasteiger partial charge in [-0.1, -0.05) is 56.8 Å². The Morgan fingerprint density at radius 1 is 1.15 bits per heavy atom. The van der Waals surface area contributed by atoms with Crippen molar-refractivity contribution in [1.82, 2.24) is 14.8 Å². The van der Waals surface area contributed by atoms with Gasteiger partial charge in [-0.05, 0) is 30.9 Å². The van der Waals surface area contributed by atoms with Crippen LogP contribution in [0.2, 0.25) is 0 Å². The molecule has 0 radical (unpaired) electrons. The largest absolute Gasteiger partial charge is 0.469 e. The highest BCUT2D eigenvalue weighted by Gasteiger charge is 2.22. The number of hydrogen-bond donors (Lipinski definition) is 0. The van der Waals surface area contributed by atoms with Gasteiger partial charge in [0.1, 0.15) is 5.76 Å². The normalized spacial score (nSPS) is 13.0. The van der Waals surface area contributed by atoms with Gasteiger partial charge in [0.2, 0.25) is 0 Å². The molecule has 1 aromatic carbocycles. The Morgan fingerprint density at radius 3 is 2.37 bits per heavy atom. The molecule has 0 unspecified atom stereocenters. The summed E-state index contributed by atoms with van der Waals surface area (Å²) in [5.41, 5.74) is 2.92. The summed E-state index contributed by atoms with van der Waals surface area (Å²) in [6, 6.07) is 9.77. The fourth-order valence-corrected chi connectivity index (χ4v) is 3.74. The van der Waals surface area contributed by atoms with Gasteiger partial charge in [-0.25, -0.2) is 0 Å². The first kappa shape index (κ1) is 19.4. The Bertz CT molecular complexity index is 949. The molecule has 2 heterocycles. The molecule has 0 amide bonds. The van der Waals surface area contributed by atoms with Crippen LogP contribution in [0, 0.1) is 6.92 Å². The van der Waals surface area contributed by atoms with E-state index in [1.165, 1.54) is 17.3 Å². The van der Waals surface area contributed by atoms with Crippen molar-refractivity contribution in [3.8, 4) is 11.4 Å². The molecule has 1 atom stereocenters. The second-order valence-electron chi connectivity index (χ2n) is 7.71. The van der Waals surface area contributed by atoms with Gasteiger partial charge in [0, 0.05) is 12.6 Å². The van der Waals surface area contributed by atoms with E-state index >= 15 is 0 Å². The smallest absolute Gasteiger partial charge is 0.191 e. The van der Waals surface area contributed by atoms with Crippen LogP contribution < -0.4 is 0 Å². The molecular formula is C21H25N3O2S. The maximum Gasteiger partial charge on any atom is 0.191 e. The maximum atomic E-state index is 12.8. The van der Waals surface area contributed by atoms with Crippen molar-refractivity contribution >= 4 is 17.5 Å². The zero-order chi connectivity index (χ0) is 19.8. The molecule has 2 aromatic heterocycles. The minimum atomic E-state index is -0.258. The van der Waals surface area contributed by atoms with Gasteiger partial charge in [0.05, 0.1) is 17.1 Å². The lowest BCUT2D eigenvalue weighted by molar-refractivity contribution is 0.0994. The second-order valence-corrected chi connectivity index (χ2v) is 9.02. The van der Waals surface area contributed by atoms with Gasteiger partial charge in [-0.15, -0.1) is 10.2 Å². The van der Waals surface area contributed by atoms with Gasteiger partial charge >= 0.3 is 0 Å². The van der Waals surface area contributed by atoms with Crippen molar-refractivity contribution in [3.05, 3.63) is 53.5 Å². The minimum absolute atomic E-state index is 0.0716. The zero-order valence-electron chi connectivity index (χ0n) is 16.6. The third-order valence-electron chi connectivity index (χ3n) is 4.62. The summed E-state index contributed by atoms with van der Waals surface area (Å²) in [4.78, 5) is 12.8. The number of thioether (sulfide) groups is 1. The van der Waals surface area contributed by atoms with Crippen molar-refractivity contribution in [1.29, 1.82) is 0 Å². The van der Waals surface area contributed by atoms with Gasteiger partial charge in [-0.3, -0.25) is 4.79 Å². The number of rotatable bonds is 5. The number of benzene rings is 1. The predicted octanol–water partition coefficient (Wildman–Crippen LogP) is 5.04. The third-order valence-corrected chi connectivity index (χ3v) is 5.76. The molecule has 27 heavy (non-hydrogen) atoms. The van der Waals surface area contributed by atoms with E-state index in [2.05, 4.69) is 31.0 Å². The van der Waals surface area contributed by atoms with Crippen LogP contribution in [0.15, 0.2) is 46.2 Å². The lowest BCUT2D eigenvalue weighted by atomic mass is 9.86. The summed E-state index contributed by atoms with van der Waals surface area (Å²) in [5, 5.41) is 8.97. The Morgan fingerprint density at radius 2 is 1.81 bits per heavy atom. The topological polar surface area (TPSA) is 60.9 Å². The summed E-state index contributed by atoms with van der Waals surface area (Å²) in [7, 11) is 1.90. The van der Waals surface area contributed by atoms with E-state index in [0.29, 0.717) is 5.16 Å². The van der Waals surface area contributed by atoms with Gasteiger partial charge in [0.15, 0.2) is 16.8 Å². The molecular weight excluding hydrogens is 358 g/mol. The number of aromatic nitrogens is 3. The molecule has 3 aromatic rings. The molecule has 0 bridgehead atoms. The van der Waals surface area contributed by atoms with Crippen LogP contribution in [0.3, 0.4) is 0 Å². The van der Waals surface area contributed by atoms with Crippen LogP contribution in [0.1, 0.15) is 49.4 Å². The van der Waals surface area contributed by atoms with E-state index in [1.54, 1.807) is 6.26 Å². The molecule has 6 heteroatoms. The molecule has 0 N–H and O–H groups in total. The Labute approximate surface area is 164 Å². The lowest BCUT2D eigenvalue weighted by Crippen LogP contribution is -2.16. The maximum absolute atomic E-state index is 12.8. The molecule has 3 rings (SSSR count). The fraction of sp³-hybridized carbons (Fsp3) is 0.381. The summed E-state index contributed by atoms with van der Waals surface area (Å²) in [5.74, 6) is 1.62. The third kappa shape index (κ3) is 4.00. The standard InChI is InChI=1S/C21H25N3O2S/c1-13-17(11-12-26-13)19-22-23-20(24(19)6)27-14(2)18(25)15-7-9-16(10-8-15)21(3,4)5/h7-12,14H,1-6H3/t14-/m1/s1. The number of carbonyl (C=O) groups is 1. The second kappa shape index (κ2) is 7.35. The Hall–Kier alpha value is -2.34. The monoisotopic (exact) mass is 383 g/mol. The molecule has 0 saturated heterocycles. The first-order chi connectivity index (χ1) is 12.7. The van der Waals surface area contributed by atoms with Gasteiger partial charge < -0.3 is 8.98 Å². The summed E-state index contributed by atoms with van der Waals surface area (Å²) < 4.78 is 7.25. The highest BCUT2D eigenvalue weighted by molar-refractivity contribution is 8.00. The van der Waals surface area contributed by atoms with E-state index in [1.807, 2.05) is 55.8 Å². The van der Waals surface area contributed by atoms with Crippen molar-refractivity contribution in [3.63, 3.8) is 0 Å². The number of carbonyl (C=O) groups excluding carboxylic acids is 1. The number of furan rings is 1. The summed E-state index contributed by atoms with van der Waals surface area (Å²) in [6.07, 6.45) is 1.64. The van der Waals surface area contributed by atoms with Crippen LogP contribution in [-0.2, 0) is 12.5 Å². The number of aryl methyl sites for hydroxylation is 1. The average molecular weight is 384 g/mol. The van der Waals surface area contributed by atoms with E-state index < -0.39 is 0 Å². The number of nitrogens with zero attached hydrogens (tertiary/aromatic N) is 3. The fourth-order valence-electron chi connectivity index (χ4n) is 2.85. The van der Waals surface area contributed by atoms with Gasteiger partial charge in [0.25, 0.3) is 0 Å². The van der Waals surface area contributed by atoms with E-state index in [9.17, 15) is 4.79 Å². The highest BCUT2D eigenvalue weighted by atomic mass is 32.2. The van der Waals surface area contributed by atoms with Crippen molar-refractivity contribution in [2.24, 2.45) is 7.05 Å². The van der Waals surface area contributed by atoms with Crippen LogP contribution in [-0.4, -0.2) is 25.8 Å². The molecule has 5 nitrogen and oxygen atoms in total. The Balaban J connectivity index is 1.76. The highest BCUT2D eigenvalue weighted by Crippen LogP contribution is 2.29. The van der Waals surface area contributed by atoms with E-state index in [4.69, 9.17) is 4.42 Å². The van der Waals surface area contributed by atoms with E-state index in [-0.39, 0.29) is 16.4 Å². The SMILES string of the molecule is Cc1occc1-c1nnc(S[C@H](C)C(=O)c2ccc(C(C)(C)C)cc2)n1C. The lowest BCUT2D eigenvalue weighted by Gasteiger charge is -2.19. The zero-order valence-corrected chi connectivity index (χ0v) is 17.4. The molecule has 0 aliphatic heterocycles. The van der Waals surface area contributed by atoms with E-state index in [0.717, 1.165) is 22.7 Å². The number of Topliss-reactive ketones (excluding diaryl/α,β-unsaturated/α-hetero) is 1. The van der Waals surface area contributed by atoms with Crippen molar-refractivity contribution in [2.45, 2.75) is 50.4 Å². The van der Waals surface area contributed by atoms with Crippen LogP contribution in [0.4, 0.5) is 0 Å². The number of ketones is 1. The molecule has 0 fully saturated rings. The van der Waals surface area contributed by atoms with Gasteiger partial charge in [-0.2, -0.15) is 0 Å². The molecule has 142 valence electrons. The molecule has 0 aliphatic carbocycles. The quantitative estimate of drug-likeness (QED) is 0.456. The Kier molecular flexibility index (Phi) is 5.29. The predicted molar refractivity (Wildman–Crippen MR) is 108 cm³/mol. The summed E-state index contributed by atoms with van der Waals surface area (Å²) in [6.45, 7) is 10.3. The van der Waals surface area contributed by atoms with Crippen LogP contribution >= 0.6 is 11.8 Å². The molecule has 0 aliphatic rings. The average Bonchev–Trinajstić information content (AvgIpc) is 3.19. The molecule has 0 spiro atoms. The first-order valence-electron chi connectivity index (χ1n) is 8.93. The summed E-state index contributed by atoms with van der Waals surface area (Å²) >= 11 is 1.42. The molecule has 0 saturated carbocycles. The minimum Gasteiger partial charge on any atom is -0.469 e. The first-order valence-corrected chi connectivity index (χ1v) is 9.81. The van der Waals surface area contributed by atoms with Crippen LogP contribution in [0.5, 0.6) is 0 Å². The van der Waals surface area contributed by atoms with Crippen LogP contribution in [0.25, 0.3) is 11.4 Å². The number of hydrogen-bond acceptors (Lipinski definition) is 5. The van der Waals surface area contributed by atoms with Crippen molar-refractivity contribution in [2.75, 3.05) is 0 Å².